The molecule has 6 heterocycles. The highest BCUT2D eigenvalue weighted by molar-refractivity contribution is 5.90. The third kappa shape index (κ3) is 18.8. The van der Waals surface area contributed by atoms with E-state index in [4.69, 9.17) is 44.9 Å². The van der Waals surface area contributed by atoms with Crippen molar-refractivity contribution in [3.63, 3.8) is 0 Å². The first-order valence-electron chi connectivity index (χ1n) is 51.7. The zero-order chi connectivity index (χ0) is 99.5. The van der Waals surface area contributed by atoms with E-state index >= 15 is 0 Å². The normalized spacial score (nSPS) is 14.9. The van der Waals surface area contributed by atoms with Crippen LogP contribution in [-0.4, -0.2) is 44.9 Å². The molecule has 18 aromatic rings. The Labute approximate surface area is 851 Å². The molecule has 15 aromatic carbocycles. The van der Waals surface area contributed by atoms with E-state index in [-0.39, 0.29) is 27.1 Å². The van der Waals surface area contributed by atoms with Crippen molar-refractivity contribution in [3.05, 3.63) is 431 Å². The Morgan fingerprint density at radius 1 is 0.215 bits per heavy atom. The van der Waals surface area contributed by atoms with Crippen LogP contribution in [0.1, 0.15) is 253 Å². The molecule has 144 heavy (non-hydrogen) atoms. The van der Waals surface area contributed by atoms with E-state index in [2.05, 4.69) is 489 Å². The number of hydrogen-bond donors (Lipinski definition) is 0. The molecule has 12 heteroatoms. The van der Waals surface area contributed by atoms with Crippen molar-refractivity contribution >= 4 is 51.2 Å². The third-order valence-electron chi connectivity index (χ3n) is 30.6. The van der Waals surface area contributed by atoms with Gasteiger partial charge in [0, 0.05) is 83.4 Å². The van der Waals surface area contributed by atoms with E-state index in [1.165, 1.54) is 152 Å². The maximum atomic E-state index is 5.10. The van der Waals surface area contributed by atoms with Gasteiger partial charge in [0.15, 0.2) is 52.4 Å². The van der Waals surface area contributed by atoms with Crippen LogP contribution >= 0.6 is 0 Å². The summed E-state index contributed by atoms with van der Waals surface area (Å²) in [7, 11) is 0. The molecule has 12 nitrogen and oxygen atoms in total. The van der Waals surface area contributed by atoms with Crippen LogP contribution in [0.4, 0.5) is 51.2 Å². The van der Waals surface area contributed by atoms with Gasteiger partial charge in [-0.3, -0.25) is 0 Å². The van der Waals surface area contributed by atoms with E-state index in [0.29, 0.717) is 76.1 Å². The minimum Gasteiger partial charge on any atom is -0.310 e. The Balaban J connectivity index is 0.000000127. The molecule has 0 amide bonds. The topological polar surface area (TPSA) is 126 Å². The molecular weight excluding hydrogens is 1750 g/mol. The quantitative estimate of drug-likeness (QED) is 0.0914. The number of hydrogen-bond acceptors (Lipinski definition) is 12. The second-order valence-corrected chi connectivity index (χ2v) is 44.0. The van der Waals surface area contributed by atoms with Gasteiger partial charge in [-0.2, -0.15) is 0 Å². The average molecular weight is 1880 g/mol. The molecule has 0 bridgehead atoms. The first kappa shape index (κ1) is 94.9. The van der Waals surface area contributed by atoms with Gasteiger partial charge in [-0.1, -0.05) is 391 Å². The van der Waals surface area contributed by atoms with Crippen molar-refractivity contribution < 1.29 is 0 Å². The van der Waals surface area contributed by atoms with Crippen LogP contribution in [0.25, 0.3) is 102 Å². The van der Waals surface area contributed by atoms with Crippen LogP contribution in [0.3, 0.4) is 0 Å². The number of nitrogens with zero attached hydrogens (tertiary/aromatic N) is 12. The Morgan fingerprint density at radius 3 is 0.562 bits per heavy atom. The van der Waals surface area contributed by atoms with Crippen molar-refractivity contribution in [1.29, 1.82) is 0 Å². The summed E-state index contributed by atoms with van der Waals surface area (Å²) >= 11 is 0. The molecule has 3 aromatic heterocycles. The lowest BCUT2D eigenvalue weighted by molar-refractivity contribution is 0.590. The summed E-state index contributed by atoms with van der Waals surface area (Å²) < 4.78 is 0. The monoisotopic (exact) mass is 1880 g/mol. The molecule has 0 atom stereocenters. The fourth-order valence-electron chi connectivity index (χ4n) is 22.0. The predicted molar refractivity (Wildman–Crippen MR) is 597 cm³/mol. The number of rotatable bonds is 16. The van der Waals surface area contributed by atoms with Gasteiger partial charge in [0.1, 0.15) is 0 Å². The van der Waals surface area contributed by atoms with Crippen LogP contribution < -0.4 is 14.7 Å². The molecule has 5 aliphatic rings. The molecule has 2 aliphatic carbocycles. The SMILES string of the molecule is CC(C)(C)c1ccc(-c2nc(-c3ccc(N4c5ccccc5C(C)(C)c5ccccc54)cc3)nc(-c3ccc(C(C)(C)C)cc3)n2)cc1.CC(C)c1ccc(-c2nc(-c3ccc(C(C)C)cc3)nc(-c3ccc(N4c5ccccc5C(C)(C)c5ccccc54)cc3)n2)cc1.CC1(C)c2ccccc2N(c2ccc(-c3nc(-c4ccc(C5CCCC5)cc4)nc(-c4ccc(C5CCCC5)cc4)n3)cc2)c2ccccc21. The second kappa shape index (κ2) is 38.9. The lowest BCUT2D eigenvalue weighted by atomic mass is 9.73. The Kier molecular flexibility index (Phi) is 25.6. The molecular formula is C132H128N12. The molecule has 0 N–H and O–H groups in total. The number of benzene rings is 15. The van der Waals surface area contributed by atoms with Crippen molar-refractivity contribution in [2.75, 3.05) is 14.7 Å². The van der Waals surface area contributed by atoms with E-state index in [0.717, 1.165) is 67.1 Å². The maximum absolute atomic E-state index is 5.10. The lowest BCUT2D eigenvalue weighted by Gasteiger charge is -2.42. The molecule has 0 radical (unpaired) electrons. The molecule has 2 fully saturated rings. The average Bonchev–Trinajstić information content (AvgIpc) is 0.818. The van der Waals surface area contributed by atoms with E-state index in [1.54, 1.807) is 0 Å². The summed E-state index contributed by atoms with van der Waals surface area (Å²) in [5, 5.41) is 0. The van der Waals surface area contributed by atoms with Gasteiger partial charge in [0.25, 0.3) is 0 Å². The van der Waals surface area contributed by atoms with E-state index in [1.807, 2.05) is 0 Å². The molecule has 0 unspecified atom stereocenters. The fourth-order valence-corrected chi connectivity index (χ4v) is 22.0. The minimum absolute atomic E-state index is 0.0651. The Bertz CT molecular complexity index is 7320. The largest absolute Gasteiger partial charge is 0.310 e. The predicted octanol–water partition coefficient (Wildman–Crippen LogP) is 35.1. The van der Waals surface area contributed by atoms with Crippen molar-refractivity contribution in [2.45, 2.75) is 213 Å². The summed E-state index contributed by atoms with van der Waals surface area (Å²) in [5.74, 6) is 8.39. The number of para-hydroxylation sites is 6. The molecule has 0 saturated heterocycles. The van der Waals surface area contributed by atoms with Crippen LogP contribution in [0.2, 0.25) is 0 Å². The van der Waals surface area contributed by atoms with Crippen LogP contribution in [0.15, 0.2) is 364 Å². The molecule has 0 spiro atoms. The first-order chi connectivity index (χ1) is 69.5. The van der Waals surface area contributed by atoms with Crippen LogP contribution in [0, 0.1) is 0 Å². The summed E-state index contributed by atoms with van der Waals surface area (Å²) in [6.45, 7) is 36.1. The van der Waals surface area contributed by atoms with Crippen molar-refractivity contribution in [2.24, 2.45) is 0 Å². The van der Waals surface area contributed by atoms with Gasteiger partial charge in [-0.05, 0) is 236 Å². The van der Waals surface area contributed by atoms with Gasteiger partial charge in [0.05, 0.1) is 34.1 Å². The number of fused-ring (bicyclic) bond motifs is 6. The van der Waals surface area contributed by atoms with Crippen LogP contribution in [-0.2, 0) is 27.1 Å². The van der Waals surface area contributed by atoms with Crippen molar-refractivity contribution in [3.8, 4) is 102 Å². The number of aromatic nitrogens is 9. The van der Waals surface area contributed by atoms with Gasteiger partial charge < -0.3 is 14.7 Å². The van der Waals surface area contributed by atoms with E-state index < -0.39 is 0 Å². The molecule has 3 aliphatic heterocycles. The van der Waals surface area contributed by atoms with Gasteiger partial charge in [0.2, 0.25) is 0 Å². The zero-order valence-electron chi connectivity index (χ0n) is 86.0. The number of anilines is 9. The second-order valence-electron chi connectivity index (χ2n) is 44.0. The Hall–Kier alpha value is -15.3. The smallest absolute Gasteiger partial charge is 0.164 e. The highest BCUT2D eigenvalue weighted by Gasteiger charge is 2.41. The van der Waals surface area contributed by atoms with Crippen LogP contribution in [0.5, 0.6) is 0 Å². The summed E-state index contributed by atoms with van der Waals surface area (Å²) in [4.78, 5) is 52.5. The first-order valence-corrected chi connectivity index (χ1v) is 51.7. The van der Waals surface area contributed by atoms with Crippen molar-refractivity contribution in [1.82, 2.24) is 44.9 Å². The summed E-state index contributed by atoms with van der Waals surface area (Å²) in [6, 6.07) is 131. The van der Waals surface area contributed by atoms with Gasteiger partial charge >= 0.3 is 0 Å². The standard InChI is InChI=1S/C46H44N4.C44H44N4.C42H40N4/c1-46(2)39-15-7-9-17-41(39)50(42-18-10-8-16-40(42)46)38-29-27-37(28-30-38)45-48-43(35-23-19-33(20-24-35)31-11-3-4-12-31)47-44(49-45)36-25-21-34(22-26-36)32-13-5-6-14-32;1-42(2,3)32-23-17-29(18-24-32)39-45-40(30-19-25-33(26-20-30)43(4,5)6)47-41(46-39)31-21-27-34(28-22-31)48-37-15-11-9-13-35(37)44(7,8)36-14-10-12-16-38(36)48;1-27(2)29-15-19-31(20-16-29)39-43-40(32-21-17-30(18-22-32)28(3)4)45-41(44-39)33-23-25-34(26-24-33)46-37-13-9-7-11-35(37)42(5,6)36-12-8-10-14-38(36)46/h7-10,15-32H,3-6,11-14H2,1-2H3;9-28H,1-8H3;7-28H,1-6H3. The highest BCUT2D eigenvalue weighted by Crippen LogP contribution is 2.56. The van der Waals surface area contributed by atoms with Gasteiger partial charge in [-0.15, -0.1) is 0 Å². The molecule has 2 saturated carbocycles. The zero-order valence-corrected chi connectivity index (χ0v) is 86.0. The molecule has 23 rings (SSSR count). The summed E-state index contributed by atoms with van der Waals surface area (Å²) in [5.41, 5.74) is 35.2. The lowest BCUT2D eigenvalue weighted by Crippen LogP contribution is -2.30. The fraction of sp³-hybridized carbons (Fsp3) is 0.250. The van der Waals surface area contributed by atoms with Gasteiger partial charge in [-0.25, -0.2) is 44.9 Å². The third-order valence-corrected chi connectivity index (χ3v) is 30.6. The minimum atomic E-state index is -0.0997. The van der Waals surface area contributed by atoms with E-state index in [9.17, 15) is 0 Å². The summed E-state index contributed by atoms with van der Waals surface area (Å²) in [6.07, 6.45) is 10.5. The highest BCUT2D eigenvalue weighted by atomic mass is 15.2. The Morgan fingerprint density at radius 2 is 0.382 bits per heavy atom. The maximum Gasteiger partial charge on any atom is 0.164 e. The molecule has 716 valence electrons.